The lowest BCUT2D eigenvalue weighted by Crippen LogP contribution is -2.12. The molecule has 0 aromatic heterocycles. The summed E-state index contributed by atoms with van der Waals surface area (Å²) in [5.74, 6) is -1.94. The number of aliphatic carboxylic acids is 1. The zero-order chi connectivity index (χ0) is 25.9. The molecule has 0 fully saturated rings. The minimum absolute atomic E-state index is 0.0442. The van der Waals surface area contributed by atoms with Gasteiger partial charge in [0, 0.05) is 20.3 Å². The van der Waals surface area contributed by atoms with E-state index in [0.717, 1.165) is 17.0 Å². The zero-order valence-corrected chi connectivity index (χ0v) is 13.8. The average Bonchev–Trinajstić information content (AvgIpc) is 2.83. The van der Waals surface area contributed by atoms with Gasteiger partial charge in [0.2, 0.25) is 0 Å². The van der Waals surface area contributed by atoms with Gasteiger partial charge in [-0.15, -0.1) is 0 Å². The van der Waals surface area contributed by atoms with Gasteiger partial charge in [-0.3, -0.25) is 4.79 Å². The number of carboxylic acids is 1. The predicted molar refractivity (Wildman–Crippen MR) is 98.8 cm³/mol. The molecule has 0 saturated carbocycles. The molecule has 130 valence electrons. The van der Waals surface area contributed by atoms with Crippen molar-refractivity contribution in [3.8, 4) is 5.75 Å². The van der Waals surface area contributed by atoms with Crippen molar-refractivity contribution in [2.45, 2.75) is 19.3 Å². The fourth-order valence-electron chi connectivity index (χ4n) is 2.40. The minimum Gasteiger partial charge on any atom is -0.488 e. The molecule has 0 atom stereocenters. The molecule has 0 radical (unpaired) electrons. The highest BCUT2D eigenvalue weighted by molar-refractivity contribution is 5.85. The Morgan fingerprint density at radius 2 is 2.16 bits per heavy atom. The Kier molecular flexibility index (Phi) is 2.77. The van der Waals surface area contributed by atoms with Crippen molar-refractivity contribution in [2.75, 3.05) is 20.6 Å². The summed E-state index contributed by atoms with van der Waals surface area (Å²) in [4.78, 5) is 12.5. The highest BCUT2D eigenvalue weighted by Gasteiger charge is 2.19. The molecule has 0 bridgehead atoms. The summed E-state index contributed by atoms with van der Waals surface area (Å²) >= 11 is 0. The summed E-state index contributed by atoms with van der Waals surface area (Å²) in [6, 6.07) is 8.40. The van der Waals surface area contributed by atoms with Gasteiger partial charge in [0.25, 0.3) is 0 Å². The summed E-state index contributed by atoms with van der Waals surface area (Å²) < 4.78 is 80.5. The fourth-order valence-corrected chi connectivity index (χ4v) is 2.40. The smallest absolute Gasteiger partial charge is 0.307 e. The van der Waals surface area contributed by atoms with Crippen LogP contribution in [0.1, 0.15) is 41.0 Å². The Balaban J connectivity index is 2.48. The molecule has 1 N–H and O–H groups in total. The van der Waals surface area contributed by atoms with Crippen molar-refractivity contribution in [3.63, 3.8) is 0 Å². The van der Waals surface area contributed by atoms with Gasteiger partial charge in [0.15, 0.2) is 0 Å². The molecule has 1 aliphatic heterocycles. The van der Waals surface area contributed by atoms with Crippen LogP contribution in [0.2, 0.25) is 0 Å². The van der Waals surface area contributed by atoms with E-state index >= 15 is 0 Å². The zero-order valence-electron chi connectivity index (χ0n) is 22.8. The second-order valence-electron chi connectivity index (χ2n) is 5.52. The largest absolute Gasteiger partial charge is 0.488 e. The summed E-state index contributed by atoms with van der Waals surface area (Å²) in [5, 5.41) is 9.34. The van der Waals surface area contributed by atoms with Gasteiger partial charge in [-0.25, -0.2) is 0 Å². The maximum atomic E-state index is 11.5. The number of carboxylic acid groups (broad SMARTS) is 1. The van der Waals surface area contributed by atoms with Crippen molar-refractivity contribution >= 4 is 11.5 Å². The lowest BCUT2D eigenvalue weighted by molar-refractivity contribution is -0.136. The molecule has 0 amide bonds. The maximum Gasteiger partial charge on any atom is 0.307 e. The van der Waals surface area contributed by atoms with Crippen molar-refractivity contribution in [2.24, 2.45) is 0 Å². The molecule has 1 aliphatic rings. The maximum absolute atomic E-state index is 11.5. The average molecular weight is 346 g/mol. The quantitative estimate of drug-likeness (QED) is 0.899. The van der Waals surface area contributed by atoms with Gasteiger partial charge in [0.1, 0.15) is 12.3 Å². The normalized spacial score (nSPS) is 24.0. The number of benzene rings is 2. The topological polar surface area (TPSA) is 49.8 Å². The first-order chi connectivity index (χ1) is 15.5. The third kappa shape index (κ3) is 4.09. The first kappa shape index (κ1) is 9.20. The van der Waals surface area contributed by atoms with Crippen molar-refractivity contribution < 1.29 is 27.0 Å². The second kappa shape index (κ2) is 7.53. The molecule has 0 saturated heterocycles. The van der Waals surface area contributed by atoms with Gasteiger partial charge in [-0.2, -0.15) is 0 Å². The van der Waals surface area contributed by atoms with Crippen LogP contribution >= 0.6 is 0 Å². The Morgan fingerprint density at radius 1 is 1.36 bits per heavy atom. The third-order valence-electron chi connectivity index (χ3n) is 3.43. The van der Waals surface area contributed by atoms with Crippen molar-refractivity contribution in [3.05, 3.63) is 70.8 Å². The van der Waals surface area contributed by atoms with Gasteiger partial charge < -0.3 is 14.7 Å². The lowest BCUT2D eigenvalue weighted by Gasteiger charge is -2.13. The van der Waals surface area contributed by atoms with E-state index in [0.29, 0.717) is 0 Å². The van der Waals surface area contributed by atoms with E-state index in [-0.39, 0.29) is 33.6 Å². The Bertz CT molecular complexity index is 1180. The molecular weight excluding hydrogens is 314 g/mol. The van der Waals surface area contributed by atoms with Crippen LogP contribution in [0, 0.1) is 0 Å². The first-order valence-electron chi connectivity index (χ1n) is 12.0. The fraction of sp³-hybridized carbons (Fsp3) is 0.286. The van der Waals surface area contributed by atoms with E-state index in [9.17, 15) is 9.90 Å². The SMILES string of the molecule is [2H]/C(=C1/c2cc(C([2H])([2H])C(=O)O)ccc2OC([2H])([2H])c2ccccc21)C([2H])([2H])C([2H])([2H])N(C)C. The molecule has 25 heavy (non-hydrogen) atoms. The van der Waals surface area contributed by atoms with Gasteiger partial charge in [-0.1, -0.05) is 36.4 Å². The molecule has 1 heterocycles. The van der Waals surface area contributed by atoms with Crippen LogP contribution in [-0.4, -0.2) is 36.6 Å². The van der Waals surface area contributed by atoms with E-state index in [1.165, 1.54) is 44.4 Å². The highest BCUT2D eigenvalue weighted by atomic mass is 16.5. The van der Waals surface area contributed by atoms with Crippen molar-refractivity contribution in [1.29, 1.82) is 0 Å². The molecule has 2 aromatic rings. The van der Waals surface area contributed by atoms with Crippen molar-refractivity contribution in [1.82, 2.24) is 4.90 Å². The number of hydrogen-bond donors (Lipinski definition) is 1. The van der Waals surface area contributed by atoms with E-state index in [2.05, 4.69) is 0 Å². The lowest BCUT2D eigenvalue weighted by atomic mass is 9.92. The molecule has 4 heteroatoms. The molecular formula is C21H23NO3. The van der Waals surface area contributed by atoms with Crippen LogP contribution < -0.4 is 4.74 Å². The Hall–Kier alpha value is -2.59. The van der Waals surface area contributed by atoms with E-state index in [1.807, 2.05) is 0 Å². The number of rotatable bonds is 5. The molecule has 4 nitrogen and oxygen atoms in total. The molecule has 0 aliphatic carbocycles. The number of hydrogen-bond acceptors (Lipinski definition) is 3. The summed E-state index contributed by atoms with van der Waals surface area (Å²) in [6.45, 7) is -5.10. The van der Waals surface area contributed by atoms with Gasteiger partial charge in [-0.05, 0) is 54.9 Å². The molecule has 0 unspecified atom stereocenters. The highest BCUT2D eigenvalue weighted by Crippen LogP contribution is 2.37. The van der Waals surface area contributed by atoms with Gasteiger partial charge >= 0.3 is 5.97 Å². The van der Waals surface area contributed by atoms with Crippen LogP contribution in [0.25, 0.3) is 5.57 Å². The second-order valence-corrected chi connectivity index (χ2v) is 5.52. The number of fused-ring (bicyclic) bond motifs is 2. The third-order valence-corrected chi connectivity index (χ3v) is 3.43. The Morgan fingerprint density at radius 3 is 2.92 bits per heavy atom. The number of ether oxygens (including phenoxy) is 1. The van der Waals surface area contributed by atoms with Crippen LogP contribution in [0.4, 0.5) is 0 Å². The van der Waals surface area contributed by atoms with Gasteiger partial charge in [0.05, 0.1) is 10.5 Å². The summed E-state index contributed by atoms with van der Waals surface area (Å²) in [5.41, 5.74) is -0.688. The molecule has 3 rings (SSSR count). The summed E-state index contributed by atoms with van der Waals surface area (Å²) in [7, 11) is 2.62. The van der Waals surface area contributed by atoms with E-state index in [4.69, 9.17) is 17.1 Å². The molecule has 2 aromatic carbocycles. The number of carbonyl (C=O) groups is 1. The molecule has 0 spiro atoms. The minimum atomic E-state index is -2.92. The van der Waals surface area contributed by atoms with E-state index in [1.54, 1.807) is 0 Å². The van der Waals surface area contributed by atoms with E-state index < -0.39 is 37.8 Å². The number of nitrogens with zero attached hydrogens (tertiary/aromatic N) is 1. The van der Waals surface area contributed by atoms with Crippen LogP contribution in [0.3, 0.4) is 0 Å². The standard InChI is InChI=1S/C21H23NO3/c1-22(2)11-5-8-18-17-7-4-3-6-16(17)14-25-20-10-9-15(12-19(18)20)13-21(23)24/h3-4,6-10,12H,5,11,13-14H2,1-2H3,(H,23,24)/b18-8-/i5D2,8D,11D2,13D2,14D2. The monoisotopic (exact) mass is 346 g/mol. The van der Waals surface area contributed by atoms with Crippen LogP contribution in [-0.2, 0) is 17.7 Å². The summed E-state index contributed by atoms with van der Waals surface area (Å²) in [6.07, 6.45) is -5.76. The first-order valence-corrected chi connectivity index (χ1v) is 7.52. The van der Waals surface area contributed by atoms with Crippen LogP contribution in [0.15, 0.2) is 48.5 Å². The Labute approximate surface area is 161 Å². The van der Waals surface area contributed by atoms with Crippen LogP contribution in [0.5, 0.6) is 5.75 Å². The predicted octanol–water partition coefficient (Wildman–Crippen LogP) is 3.59.